The largest absolute Gasteiger partial charge is 0.493 e. The van der Waals surface area contributed by atoms with Gasteiger partial charge in [0.2, 0.25) is 5.91 Å². The maximum atomic E-state index is 11.7. The average molecular weight is 244 g/mol. The van der Waals surface area contributed by atoms with Gasteiger partial charge in [0.15, 0.2) is 0 Å². The fourth-order valence-electron chi connectivity index (χ4n) is 1.65. The van der Waals surface area contributed by atoms with Crippen LogP contribution >= 0.6 is 0 Å². The Morgan fingerprint density at radius 1 is 1.44 bits per heavy atom. The van der Waals surface area contributed by atoms with Crippen LogP contribution in [0.1, 0.15) is 23.7 Å². The van der Waals surface area contributed by atoms with Gasteiger partial charge < -0.3 is 4.74 Å². The molecule has 1 heterocycles. The van der Waals surface area contributed by atoms with Crippen molar-refractivity contribution in [3.8, 4) is 5.75 Å². The fourth-order valence-corrected chi connectivity index (χ4v) is 1.65. The molecule has 18 heavy (non-hydrogen) atoms. The maximum absolute atomic E-state index is 11.7. The number of carbonyl (C=O) groups is 1. The summed E-state index contributed by atoms with van der Waals surface area (Å²) in [5.74, 6) is 0.798. The number of aromatic nitrogens is 2. The first-order valence-corrected chi connectivity index (χ1v) is 6.02. The van der Waals surface area contributed by atoms with Crippen LogP contribution < -0.4 is 4.74 Å². The van der Waals surface area contributed by atoms with E-state index in [2.05, 4.69) is 18.0 Å². The highest BCUT2D eigenvalue weighted by Gasteiger charge is 2.04. The molecule has 0 atom stereocenters. The zero-order valence-corrected chi connectivity index (χ0v) is 10.4. The highest BCUT2D eigenvalue weighted by atomic mass is 16.5. The summed E-state index contributed by atoms with van der Waals surface area (Å²) < 4.78 is 7.03. The topological polar surface area (TPSA) is 44.1 Å². The van der Waals surface area contributed by atoms with Gasteiger partial charge >= 0.3 is 0 Å². The average Bonchev–Trinajstić information content (AvgIpc) is 2.93. The first-order chi connectivity index (χ1) is 8.79. The molecule has 0 aliphatic carbocycles. The van der Waals surface area contributed by atoms with Gasteiger partial charge in [0.25, 0.3) is 0 Å². The lowest BCUT2D eigenvalue weighted by molar-refractivity contribution is 0.0881. The van der Waals surface area contributed by atoms with E-state index in [1.165, 1.54) is 16.5 Å². The van der Waals surface area contributed by atoms with Crippen LogP contribution in [0.5, 0.6) is 5.75 Å². The van der Waals surface area contributed by atoms with E-state index in [0.29, 0.717) is 13.0 Å². The first-order valence-electron chi connectivity index (χ1n) is 6.02. The zero-order chi connectivity index (χ0) is 12.8. The van der Waals surface area contributed by atoms with Crippen LogP contribution in [-0.2, 0) is 6.42 Å². The van der Waals surface area contributed by atoms with Crippen LogP contribution in [0.4, 0.5) is 0 Å². The molecule has 0 radical (unpaired) electrons. The van der Waals surface area contributed by atoms with Gasteiger partial charge in [-0.05, 0) is 24.1 Å². The third-order valence-electron chi connectivity index (χ3n) is 2.68. The predicted octanol–water partition coefficient (Wildman–Crippen LogP) is 2.55. The molecule has 0 aliphatic heterocycles. The van der Waals surface area contributed by atoms with Crippen LogP contribution in [0.2, 0.25) is 0 Å². The molecule has 2 aromatic rings. The van der Waals surface area contributed by atoms with E-state index in [1.807, 2.05) is 18.2 Å². The van der Waals surface area contributed by atoms with Crippen molar-refractivity contribution in [3.05, 3.63) is 48.5 Å². The second-order valence-electron chi connectivity index (χ2n) is 3.96. The van der Waals surface area contributed by atoms with Gasteiger partial charge in [-0.1, -0.05) is 19.1 Å². The summed E-state index contributed by atoms with van der Waals surface area (Å²) in [6.45, 7) is 2.48. The lowest BCUT2D eigenvalue weighted by atomic mass is 10.2. The Bertz CT molecular complexity index is 506. The van der Waals surface area contributed by atoms with Crippen molar-refractivity contribution in [2.24, 2.45) is 0 Å². The van der Waals surface area contributed by atoms with Crippen molar-refractivity contribution in [1.82, 2.24) is 9.55 Å². The van der Waals surface area contributed by atoms with Crippen molar-refractivity contribution >= 4 is 5.91 Å². The number of hydrogen-bond donors (Lipinski definition) is 0. The molecule has 0 amide bonds. The number of imidazole rings is 1. The van der Waals surface area contributed by atoms with Crippen molar-refractivity contribution in [2.45, 2.75) is 19.8 Å². The number of benzene rings is 1. The van der Waals surface area contributed by atoms with E-state index in [9.17, 15) is 4.79 Å². The summed E-state index contributed by atoms with van der Waals surface area (Å²) in [6, 6.07) is 7.93. The minimum atomic E-state index is -0.0147. The molecule has 0 saturated carbocycles. The molecule has 0 unspecified atom stereocenters. The Balaban J connectivity index is 1.83. The summed E-state index contributed by atoms with van der Waals surface area (Å²) in [5.41, 5.74) is 1.23. The lowest BCUT2D eigenvalue weighted by Gasteiger charge is -2.07. The lowest BCUT2D eigenvalue weighted by Crippen LogP contribution is -2.12. The number of carbonyl (C=O) groups excluding carboxylic acids is 1. The van der Waals surface area contributed by atoms with Gasteiger partial charge in [-0.15, -0.1) is 0 Å². The minimum Gasteiger partial charge on any atom is -0.493 e. The molecule has 0 spiro atoms. The molecule has 0 saturated heterocycles. The molecule has 1 aromatic heterocycles. The summed E-state index contributed by atoms with van der Waals surface area (Å²) in [7, 11) is 0. The number of hydrogen-bond acceptors (Lipinski definition) is 3. The smallest absolute Gasteiger partial charge is 0.235 e. The Morgan fingerprint density at radius 3 is 3.06 bits per heavy atom. The number of aryl methyl sites for hydroxylation is 1. The van der Waals surface area contributed by atoms with Crippen LogP contribution in [0, 0.1) is 0 Å². The van der Waals surface area contributed by atoms with E-state index in [0.717, 1.165) is 12.2 Å². The molecule has 0 fully saturated rings. The van der Waals surface area contributed by atoms with Gasteiger partial charge in [-0.3, -0.25) is 9.36 Å². The van der Waals surface area contributed by atoms with Gasteiger partial charge in [-0.2, -0.15) is 0 Å². The van der Waals surface area contributed by atoms with Crippen LogP contribution in [0.15, 0.2) is 43.0 Å². The fraction of sp³-hybridized carbons (Fsp3) is 0.286. The highest BCUT2D eigenvalue weighted by molar-refractivity contribution is 5.78. The Hall–Kier alpha value is -2.10. The molecular weight excluding hydrogens is 228 g/mol. The van der Waals surface area contributed by atoms with Gasteiger partial charge in [0.1, 0.15) is 12.1 Å². The summed E-state index contributed by atoms with van der Waals surface area (Å²) in [6.07, 6.45) is 6.04. The predicted molar refractivity (Wildman–Crippen MR) is 68.8 cm³/mol. The third kappa shape index (κ3) is 3.20. The minimum absolute atomic E-state index is 0.0147. The molecule has 1 aromatic carbocycles. The molecule has 4 nitrogen and oxygen atoms in total. The second kappa shape index (κ2) is 6.00. The summed E-state index contributed by atoms with van der Waals surface area (Å²) in [4.78, 5) is 15.5. The standard InChI is InChI=1S/C14H16N2O2/c1-2-12-4-3-5-13(10-12)18-9-6-14(17)16-8-7-15-11-16/h3-5,7-8,10-11H,2,6,9H2,1H3. The van der Waals surface area contributed by atoms with E-state index < -0.39 is 0 Å². The third-order valence-corrected chi connectivity index (χ3v) is 2.68. The zero-order valence-electron chi connectivity index (χ0n) is 10.4. The van der Waals surface area contributed by atoms with E-state index in [-0.39, 0.29) is 5.91 Å². The molecule has 0 aliphatic rings. The Kier molecular flexibility index (Phi) is 4.12. The molecule has 94 valence electrons. The quantitative estimate of drug-likeness (QED) is 0.812. The SMILES string of the molecule is CCc1cccc(OCCC(=O)n2ccnc2)c1. The van der Waals surface area contributed by atoms with E-state index in [1.54, 1.807) is 12.4 Å². The normalized spacial score (nSPS) is 10.3. The maximum Gasteiger partial charge on any atom is 0.235 e. The van der Waals surface area contributed by atoms with Crippen molar-refractivity contribution < 1.29 is 9.53 Å². The molecule has 4 heteroatoms. The molecule has 0 N–H and O–H groups in total. The monoisotopic (exact) mass is 244 g/mol. The molecule has 0 bridgehead atoms. The van der Waals surface area contributed by atoms with E-state index >= 15 is 0 Å². The van der Waals surface area contributed by atoms with Crippen LogP contribution in [0.3, 0.4) is 0 Å². The second-order valence-corrected chi connectivity index (χ2v) is 3.96. The number of nitrogens with zero attached hydrogens (tertiary/aromatic N) is 2. The molecule has 2 rings (SSSR count). The van der Waals surface area contributed by atoms with Gasteiger partial charge in [0.05, 0.1) is 13.0 Å². The van der Waals surface area contributed by atoms with Crippen molar-refractivity contribution in [2.75, 3.05) is 6.61 Å². The number of rotatable bonds is 5. The number of ether oxygens (including phenoxy) is 1. The van der Waals surface area contributed by atoms with Gasteiger partial charge in [0, 0.05) is 12.4 Å². The van der Waals surface area contributed by atoms with Crippen molar-refractivity contribution in [1.29, 1.82) is 0 Å². The summed E-state index contributed by atoms with van der Waals surface area (Å²) >= 11 is 0. The van der Waals surface area contributed by atoms with Crippen LogP contribution in [-0.4, -0.2) is 22.1 Å². The van der Waals surface area contributed by atoms with Crippen LogP contribution in [0.25, 0.3) is 0 Å². The first kappa shape index (κ1) is 12.4. The van der Waals surface area contributed by atoms with Crippen molar-refractivity contribution in [3.63, 3.8) is 0 Å². The highest BCUT2D eigenvalue weighted by Crippen LogP contribution is 2.13. The molecular formula is C14H16N2O2. The van der Waals surface area contributed by atoms with E-state index in [4.69, 9.17) is 4.74 Å². The Morgan fingerprint density at radius 2 is 2.33 bits per heavy atom. The van der Waals surface area contributed by atoms with Gasteiger partial charge in [-0.25, -0.2) is 4.98 Å². The Labute approximate surface area is 106 Å². The summed E-state index contributed by atoms with van der Waals surface area (Å²) in [5, 5.41) is 0.